The van der Waals surface area contributed by atoms with Crippen molar-refractivity contribution in [3.05, 3.63) is 33.7 Å². The Morgan fingerprint density at radius 1 is 1.53 bits per heavy atom. The Bertz CT molecular complexity index is 567. The molecule has 0 saturated heterocycles. The number of benzene rings is 1. The Morgan fingerprint density at radius 2 is 2.29 bits per heavy atom. The molecule has 2 rings (SSSR count). The molecule has 7 heteroatoms. The number of carbonyl (C=O) groups excluding carboxylic acids is 1. The van der Waals surface area contributed by atoms with E-state index in [1.165, 1.54) is 17.1 Å². The van der Waals surface area contributed by atoms with Crippen LogP contribution >= 0.6 is 22.6 Å². The predicted octanol–water partition coefficient (Wildman–Crippen LogP) is 1.38. The quantitative estimate of drug-likeness (QED) is 0.807. The maximum Gasteiger partial charge on any atom is 0.258 e. The number of nitrogens with zero attached hydrogens (tertiary/aromatic N) is 3. The summed E-state index contributed by atoms with van der Waals surface area (Å²) < 4.78 is 2.14. The van der Waals surface area contributed by atoms with Crippen LogP contribution in [0.1, 0.15) is 10.4 Å². The minimum atomic E-state index is -0.340. The summed E-state index contributed by atoms with van der Waals surface area (Å²) in [5.74, 6) is 0.0945. The SMILES string of the molecule is Cn1ncnc1NC(=O)c1ccc(I)c(O)c1. The number of anilines is 1. The van der Waals surface area contributed by atoms with Crippen molar-refractivity contribution in [2.24, 2.45) is 7.05 Å². The standard InChI is InChI=1S/C10H9IN4O2/c1-15-10(12-5-13-15)14-9(17)6-2-3-7(11)8(16)4-6/h2-5,16H,1H3,(H,12,13,14,17). The number of aromatic nitrogens is 3. The summed E-state index contributed by atoms with van der Waals surface area (Å²) in [6, 6.07) is 4.71. The molecule has 0 aliphatic carbocycles. The largest absolute Gasteiger partial charge is 0.507 e. The van der Waals surface area contributed by atoms with Gasteiger partial charge in [0.05, 0.1) is 3.57 Å². The van der Waals surface area contributed by atoms with E-state index in [1.807, 2.05) is 22.6 Å². The van der Waals surface area contributed by atoms with Crippen molar-refractivity contribution < 1.29 is 9.90 Å². The molecule has 0 unspecified atom stereocenters. The third-order valence-corrected chi connectivity index (χ3v) is 3.06. The fourth-order valence-corrected chi connectivity index (χ4v) is 1.57. The molecular weight excluding hydrogens is 335 g/mol. The van der Waals surface area contributed by atoms with Gasteiger partial charge in [-0.2, -0.15) is 10.1 Å². The molecule has 0 radical (unpaired) electrons. The minimum absolute atomic E-state index is 0.0798. The lowest BCUT2D eigenvalue weighted by atomic mass is 10.2. The van der Waals surface area contributed by atoms with Gasteiger partial charge in [-0.3, -0.25) is 10.1 Å². The summed E-state index contributed by atoms with van der Waals surface area (Å²) >= 11 is 1.98. The van der Waals surface area contributed by atoms with Crippen LogP contribution in [0.2, 0.25) is 0 Å². The molecule has 2 aromatic rings. The van der Waals surface area contributed by atoms with Crippen LogP contribution in [0.25, 0.3) is 0 Å². The lowest BCUT2D eigenvalue weighted by Gasteiger charge is -2.04. The molecule has 0 bridgehead atoms. The van der Waals surface area contributed by atoms with E-state index in [4.69, 9.17) is 0 Å². The number of aryl methyl sites for hydroxylation is 1. The zero-order chi connectivity index (χ0) is 12.4. The predicted molar refractivity (Wildman–Crippen MR) is 69.8 cm³/mol. The average Bonchev–Trinajstić information content (AvgIpc) is 2.68. The number of hydrogen-bond acceptors (Lipinski definition) is 4. The van der Waals surface area contributed by atoms with Gasteiger partial charge in [-0.1, -0.05) is 0 Å². The molecule has 1 amide bonds. The third kappa shape index (κ3) is 2.54. The van der Waals surface area contributed by atoms with Gasteiger partial charge in [0.15, 0.2) is 0 Å². The molecule has 6 nitrogen and oxygen atoms in total. The normalized spacial score (nSPS) is 10.2. The molecule has 2 N–H and O–H groups in total. The van der Waals surface area contributed by atoms with E-state index in [0.29, 0.717) is 15.1 Å². The summed E-state index contributed by atoms with van der Waals surface area (Å²) in [5, 5.41) is 15.9. The van der Waals surface area contributed by atoms with E-state index in [-0.39, 0.29) is 11.7 Å². The second-order valence-electron chi connectivity index (χ2n) is 3.33. The Balaban J connectivity index is 2.20. The lowest BCUT2D eigenvalue weighted by Crippen LogP contribution is -2.15. The fourth-order valence-electron chi connectivity index (χ4n) is 1.24. The monoisotopic (exact) mass is 344 g/mol. The van der Waals surface area contributed by atoms with Gasteiger partial charge < -0.3 is 5.11 Å². The summed E-state index contributed by atoms with van der Waals surface area (Å²) in [4.78, 5) is 15.7. The number of hydrogen-bond donors (Lipinski definition) is 2. The van der Waals surface area contributed by atoms with Crippen molar-refractivity contribution in [3.8, 4) is 5.75 Å². The first-order chi connectivity index (χ1) is 8.08. The maximum atomic E-state index is 11.8. The number of nitrogens with one attached hydrogen (secondary N) is 1. The highest BCUT2D eigenvalue weighted by molar-refractivity contribution is 14.1. The van der Waals surface area contributed by atoms with E-state index >= 15 is 0 Å². The van der Waals surface area contributed by atoms with Gasteiger partial charge in [0.2, 0.25) is 5.95 Å². The maximum absolute atomic E-state index is 11.8. The van der Waals surface area contributed by atoms with Crippen molar-refractivity contribution in [2.75, 3.05) is 5.32 Å². The van der Waals surface area contributed by atoms with Crippen LogP contribution in [-0.4, -0.2) is 25.8 Å². The Labute approximate surface area is 111 Å². The van der Waals surface area contributed by atoms with Gasteiger partial charge in [0.25, 0.3) is 5.91 Å². The summed E-state index contributed by atoms with van der Waals surface area (Å²) in [6.45, 7) is 0. The zero-order valence-corrected chi connectivity index (χ0v) is 11.0. The average molecular weight is 344 g/mol. The third-order valence-electron chi connectivity index (χ3n) is 2.15. The molecular formula is C10H9IN4O2. The van der Waals surface area contributed by atoms with Crippen LogP contribution in [0.4, 0.5) is 5.95 Å². The van der Waals surface area contributed by atoms with Crippen molar-refractivity contribution in [1.29, 1.82) is 0 Å². The molecule has 0 spiro atoms. The summed E-state index contributed by atoms with van der Waals surface area (Å²) in [5.41, 5.74) is 0.367. The van der Waals surface area contributed by atoms with Gasteiger partial charge in [-0.25, -0.2) is 4.68 Å². The van der Waals surface area contributed by atoms with Gasteiger partial charge in [0.1, 0.15) is 12.1 Å². The van der Waals surface area contributed by atoms with Crippen LogP contribution in [0.3, 0.4) is 0 Å². The Kier molecular flexibility index (Phi) is 3.27. The first kappa shape index (κ1) is 11.8. The van der Waals surface area contributed by atoms with E-state index in [0.717, 1.165) is 0 Å². The smallest absolute Gasteiger partial charge is 0.258 e. The molecule has 0 atom stereocenters. The van der Waals surface area contributed by atoms with E-state index in [2.05, 4.69) is 15.4 Å². The molecule has 0 fully saturated rings. The molecule has 88 valence electrons. The summed E-state index contributed by atoms with van der Waals surface area (Å²) in [7, 11) is 1.67. The van der Waals surface area contributed by atoms with Crippen LogP contribution in [0, 0.1) is 3.57 Å². The topological polar surface area (TPSA) is 80.0 Å². The first-order valence-corrected chi connectivity index (χ1v) is 5.79. The molecule has 0 aliphatic rings. The van der Waals surface area contributed by atoms with Crippen LogP contribution in [-0.2, 0) is 7.05 Å². The van der Waals surface area contributed by atoms with Crippen molar-refractivity contribution in [2.45, 2.75) is 0 Å². The van der Waals surface area contributed by atoms with Crippen molar-refractivity contribution in [1.82, 2.24) is 14.8 Å². The van der Waals surface area contributed by atoms with Crippen LogP contribution < -0.4 is 5.32 Å². The van der Waals surface area contributed by atoms with Gasteiger partial charge in [0, 0.05) is 12.6 Å². The molecule has 1 aromatic heterocycles. The molecule has 0 aliphatic heterocycles. The zero-order valence-electron chi connectivity index (χ0n) is 8.88. The van der Waals surface area contributed by atoms with Gasteiger partial charge in [-0.15, -0.1) is 0 Å². The van der Waals surface area contributed by atoms with Crippen molar-refractivity contribution >= 4 is 34.4 Å². The number of carbonyl (C=O) groups is 1. The van der Waals surface area contributed by atoms with E-state index in [9.17, 15) is 9.90 Å². The fraction of sp³-hybridized carbons (Fsp3) is 0.100. The second-order valence-corrected chi connectivity index (χ2v) is 4.49. The van der Waals surface area contributed by atoms with Gasteiger partial charge >= 0.3 is 0 Å². The van der Waals surface area contributed by atoms with E-state index in [1.54, 1.807) is 19.2 Å². The first-order valence-electron chi connectivity index (χ1n) is 4.72. The lowest BCUT2D eigenvalue weighted by molar-refractivity contribution is 0.102. The van der Waals surface area contributed by atoms with Crippen molar-refractivity contribution in [3.63, 3.8) is 0 Å². The van der Waals surface area contributed by atoms with Gasteiger partial charge in [-0.05, 0) is 40.8 Å². The number of phenols is 1. The molecule has 17 heavy (non-hydrogen) atoms. The Hall–Kier alpha value is -1.64. The second kappa shape index (κ2) is 4.70. The highest BCUT2D eigenvalue weighted by Crippen LogP contribution is 2.20. The summed E-state index contributed by atoms with van der Waals surface area (Å²) in [6.07, 6.45) is 1.35. The van der Waals surface area contributed by atoms with E-state index < -0.39 is 0 Å². The number of aromatic hydroxyl groups is 1. The number of phenolic OH excluding ortho intramolecular Hbond substituents is 1. The number of amides is 1. The highest BCUT2D eigenvalue weighted by atomic mass is 127. The number of halogens is 1. The molecule has 0 saturated carbocycles. The molecule has 1 aromatic carbocycles. The minimum Gasteiger partial charge on any atom is -0.507 e. The molecule has 1 heterocycles. The number of rotatable bonds is 2. The van der Waals surface area contributed by atoms with Crippen LogP contribution in [0.5, 0.6) is 5.75 Å². The highest BCUT2D eigenvalue weighted by Gasteiger charge is 2.10. The Morgan fingerprint density at radius 3 is 2.88 bits per heavy atom. The van der Waals surface area contributed by atoms with Crippen LogP contribution in [0.15, 0.2) is 24.5 Å².